The van der Waals surface area contributed by atoms with Crippen molar-refractivity contribution in [2.75, 3.05) is 13.1 Å². The molecule has 1 rings (SSSR count). The second kappa shape index (κ2) is 10.1. The Balaban J connectivity index is 2.15. The van der Waals surface area contributed by atoms with Gasteiger partial charge in [-0.15, -0.1) is 0 Å². The van der Waals surface area contributed by atoms with E-state index in [-0.39, 0.29) is 6.04 Å². The molecule has 1 unspecified atom stereocenters. The summed E-state index contributed by atoms with van der Waals surface area (Å²) in [5, 5.41) is 12.0. The van der Waals surface area contributed by atoms with Crippen molar-refractivity contribution >= 4 is 5.84 Å². The van der Waals surface area contributed by atoms with Gasteiger partial charge >= 0.3 is 0 Å². The third-order valence-corrected chi connectivity index (χ3v) is 4.12. The number of nitrogens with two attached hydrogens (primary N) is 1. The van der Waals surface area contributed by atoms with E-state index in [1.807, 2.05) is 0 Å². The van der Waals surface area contributed by atoms with E-state index in [2.05, 4.69) is 17.0 Å². The molecule has 112 valence electrons. The van der Waals surface area contributed by atoms with Gasteiger partial charge in [0, 0.05) is 0 Å². The van der Waals surface area contributed by atoms with Crippen molar-refractivity contribution in [3.63, 3.8) is 0 Å². The van der Waals surface area contributed by atoms with Gasteiger partial charge in [0.2, 0.25) is 0 Å². The molecule has 0 saturated carbocycles. The molecule has 1 heterocycles. The van der Waals surface area contributed by atoms with Crippen LogP contribution in [-0.4, -0.2) is 35.1 Å². The van der Waals surface area contributed by atoms with E-state index in [9.17, 15) is 0 Å². The fourth-order valence-electron chi connectivity index (χ4n) is 2.93. The SMILES string of the molecule is CCCCCCCCCN1CCCCC1C(N)=NO. The maximum atomic E-state index is 8.83. The topological polar surface area (TPSA) is 61.8 Å². The first-order valence-corrected chi connectivity index (χ1v) is 8.01. The van der Waals surface area contributed by atoms with Crippen LogP contribution in [0.25, 0.3) is 0 Å². The Morgan fingerprint density at radius 2 is 1.84 bits per heavy atom. The van der Waals surface area contributed by atoms with Gasteiger partial charge in [-0.05, 0) is 32.4 Å². The van der Waals surface area contributed by atoms with Crippen LogP contribution in [0.1, 0.15) is 71.1 Å². The van der Waals surface area contributed by atoms with E-state index < -0.39 is 0 Å². The zero-order chi connectivity index (χ0) is 13.9. The summed E-state index contributed by atoms with van der Waals surface area (Å²) in [6, 6.07) is 0.166. The highest BCUT2D eigenvalue weighted by atomic mass is 16.4. The van der Waals surface area contributed by atoms with Crippen LogP contribution in [-0.2, 0) is 0 Å². The Morgan fingerprint density at radius 3 is 2.53 bits per heavy atom. The molecule has 1 fully saturated rings. The van der Waals surface area contributed by atoms with Crippen LogP contribution >= 0.6 is 0 Å². The number of oxime groups is 1. The van der Waals surface area contributed by atoms with E-state index >= 15 is 0 Å². The number of nitrogens with zero attached hydrogens (tertiary/aromatic N) is 2. The Bertz CT molecular complexity index is 256. The van der Waals surface area contributed by atoms with Gasteiger partial charge in [0.05, 0.1) is 6.04 Å². The van der Waals surface area contributed by atoms with Crippen LogP contribution in [0.5, 0.6) is 0 Å². The Labute approximate surface area is 118 Å². The van der Waals surface area contributed by atoms with E-state index in [1.165, 1.54) is 57.8 Å². The van der Waals surface area contributed by atoms with E-state index in [0.29, 0.717) is 5.84 Å². The number of likely N-dealkylation sites (tertiary alicyclic amines) is 1. The number of unbranched alkanes of at least 4 members (excludes halogenated alkanes) is 6. The largest absolute Gasteiger partial charge is 0.409 e. The lowest BCUT2D eigenvalue weighted by molar-refractivity contribution is 0.182. The quantitative estimate of drug-likeness (QED) is 0.222. The van der Waals surface area contributed by atoms with Gasteiger partial charge in [0.1, 0.15) is 0 Å². The molecule has 3 N–H and O–H groups in total. The lowest BCUT2D eigenvalue weighted by atomic mass is 10.0. The van der Waals surface area contributed by atoms with Crippen LogP contribution in [0.3, 0.4) is 0 Å². The molecule has 1 aliphatic heterocycles. The highest BCUT2D eigenvalue weighted by Crippen LogP contribution is 2.18. The fourth-order valence-corrected chi connectivity index (χ4v) is 2.93. The minimum atomic E-state index is 0.166. The second-order valence-electron chi connectivity index (χ2n) is 5.69. The van der Waals surface area contributed by atoms with E-state index in [4.69, 9.17) is 10.9 Å². The first-order chi connectivity index (χ1) is 9.29. The summed E-state index contributed by atoms with van der Waals surface area (Å²) in [6.45, 7) is 4.44. The highest BCUT2D eigenvalue weighted by Gasteiger charge is 2.25. The number of amidine groups is 1. The van der Waals surface area contributed by atoms with Gasteiger partial charge in [-0.2, -0.15) is 0 Å². The molecule has 1 aliphatic rings. The summed E-state index contributed by atoms with van der Waals surface area (Å²) >= 11 is 0. The molecule has 0 aromatic heterocycles. The average molecular weight is 269 g/mol. The van der Waals surface area contributed by atoms with Crippen LogP contribution in [0, 0.1) is 0 Å². The maximum Gasteiger partial charge on any atom is 0.156 e. The second-order valence-corrected chi connectivity index (χ2v) is 5.69. The minimum Gasteiger partial charge on any atom is -0.409 e. The Hall–Kier alpha value is -0.770. The lowest BCUT2D eigenvalue weighted by Gasteiger charge is -2.34. The van der Waals surface area contributed by atoms with Crippen LogP contribution in [0.2, 0.25) is 0 Å². The van der Waals surface area contributed by atoms with E-state index in [1.54, 1.807) is 0 Å². The molecule has 0 amide bonds. The van der Waals surface area contributed by atoms with Crippen molar-refractivity contribution in [1.82, 2.24) is 4.90 Å². The molecule has 0 aromatic rings. The maximum absolute atomic E-state index is 8.83. The van der Waals surface area contributed by atoms with E-state index in [0.717, 1.165) is 19.5 Å². The molecular formula is C15H31N3O. The first kappa shape index (κ1) is 16.3. The lowest BCUT2D eigenvalue weighted by Crippen LogP contribution is -2.48. The van der Waals surface area contributed by atoms with Crippen molar-refractivity contribution in [2.45, 2.75) is 77.2 Å². The zero-order valence-corrected chi connectivity index (χ0v) is 12.5. The molecule has 0 bridgehead atoms. The van der Waals surface area contributed by atoms with Gasteiger partial charge in [-0.25, -0.2) is 0 Å². The van der Waals surface area contributed by atoms with Crippen molar-refractivity contribution in [2.24, 2.45) is 10.9 Å². The van der Waals surface area contributed by atoms with Gasteiger partial charge < -0.3 is 10.9 Å². The third-order valence-electron chi connectivity index (χ3n) is 4.12. The summed E-state index contributed by atoms with van der Waals surface area (Å²) in [6.07, 6.45) is 12.8. The first-order valence-electron chi connectivity index (χ1n) is 8.01. The molecule has 0 spiro atoms. The molecule has 19 heavy (non-hydrogen) atoms. The molecule has 0 aromatic carbocycles. The number of hydrogen-bond donors (Lipinski definition) is 2. The highest BCUT2D eigenvalue weighted by molar-refractivity contribution is 5.85. The van der Waals surface area contributed by atoms with Crippen molar-refractivity contribution < 1.29 is 5.21 Å². The van der Waals surface area contributed by atoms with Crippen LogP contribution in [0.4, 0.5) is 0 Å². The van der Waals surface area contributed by atoms with Crippen molar-refractivity contribution in [3.05, 3.63) is 0 Å². The summed E-state index contributed by atoms with van der Waals surface area (Å²) < 4.78 is 0. The molecule has 4 nitrogen and oxygen atoms in total. The summed E-state index contributed by atoms with van der Waals surface area (Å²) in [5.74, 6) is 0.391. The fraction of sp³-hybridized carbons (Fsp3) is 0.933. The van der Waals surface area contributed by atoms with Crippen LogP contribution < -0.4 is 5.73 Å². The standard InChI is InChI=1S/C15H31N3O/c1-2-3-4-5-6-7-9-12-18-13-10-8-11-14(18)15(16)17-19/h14,19H,2-13H2,1H3,(H2,16,17). The predicted molar refractivity (Wildman–Crippen MR) is 80.6 cm³/mol. The van der Waals surface area contributed by atoms with Gasteiger partial charge in [-0.3, -0.25) is 4.90 Å². The van der Waals surface area contributed by atoms with Gasteiger partial charge in [0.15, 0.2) is 5.84 Å². The Kier molecular flexibility index (Phi) is 8.63. The molecule has 0 radical (unpaired) electrons. The summed E-state index contributed by atoms with van der Waals surface area (Å²) in [4.78, 5) is 2.39. The normalized spacial score (nSPS) is 21.7. The summed E-state index contributed by atoms with van der Waals surface area (Å²) in [7, 11) is 0. The number of hydrogen-bond acceptors (Lipinski definition) is 3. The monoisotopic (exact) mass is 269 g/mol. The molecule has 0 aliphatic carbocycles. The number of rotatable bonds is 9. The van der Waals surface area contributed by atoms with Crippen molar-refractivity contribution in [1.29, 1.82) is 0 Å². The van der Waals surface area contributed by atoms with Gasteiger partial charge in [0.25, 0.3) is 0 Å². The summed E-state index contributed by atoms with van der Waals surface area (Å²) in [5.41, 5.74) is 5.78. The molecular weight excluding hydrogens is 238 g/mol. The predicted octanol–water partition coefficient (Wildman–Crippen LogP) is 3.34. The third kappa shape index (κ3) is 6.28. The number of piperidine rings is 1. The molecule has 4 heteroatoms. The zero-order valence-electron chi connectivity index (χ0n) is 12.5. The average Bonchev–Trinajstić information content (AvgIpc) is 2.46. The Morgan fingerprint density at radius 1 is 1.16 bits per heavy atom. The van der Waals surface area contributed by atoms with Gasteiger partial charge in [-0.1, -0.05) is 57.0 Å². The van der Waals surface area contributed by atoms with Crippen LogP contribution in [0.15, 0.2) is 5.16 Å². The molecule has 1 atom stereocenters. The molecule has 1 saturated heterocycles. The van der Waals surface area contributed by atoms with Crippen molar-refractivity contribution in [3.8, 4) is 0 Å². The minimum absolute atomic E-state index is 0.166. The smallest absolute Gasteiger partial charge is 0.156 e.